The average Bonchev–Trinajstić information content (AvgIpc) is 0.811. The maximum atomic E-state index is 2.23. The third kappa shape index (κ3) is 38.3. The van der Waals surface area contributed by atoms with Crippen LogP contribution < -0.4 is 0 Å². The summed E-state index contributed by atoms with van der Waals surface area (Å²) < 4.78 is 0. The lowest BCUT2D eigenvalue weighted by molar-refractivity contribution is 2.13. The van der Waals surface area contributed by atoms with Gasteiger partial charge < -0.3 is 0 Å². The molecule has 0 bridgehead atoms. The van der Waals surface area contributed by atoms with Gasteiger partial charge in [-0.3, -0.25) is 0 Å². The van der Waals surface area contributed by atoms with Crippen LogP contribution in [0.25, 0.3) is 0 Å². The summed E-state index contributed by atoms with van der Waals surface area (Å²) in [5, 5.41) is 0. The smallest absolute Gasteiger partial charge is 0.0449 e. The van der Waals surface area contributed by atoms with E-state index in [-0.39, 0.29) is 24.0 Å². The Morgan fingerprint density at radius 3 is 1.00 bits per heavy atom. The van der Waals surface area contributed by atoms with Gasteiger partial charge in [0.2, 0.25) is 0 Å². The topological polar surface area (TPSA) is 0 Å². The SMILES string of the molecule is CP(C)C.I. The van der Waals surface area contributed by atoms with Gasteiger partial charge in [0, 0.05) is 0 Å². The van der Waals surface area contributed by atoms with E-state index < -0.39 is 0 Å². The fraction of sp³-hybridized carbons (Fsp3) is 1.00. The van der Waals surface area contributed by atoms with E-state index in [1.807, 2.05) is 0 Å². The first-order chi connectivity index (χ1) is 1.73. The van der Waals surface area contributed by atoms with Crippen LogP contribution in [0.1, 0.15) is 0 Å². The van der Waals surface area contributed by atoms with Gasteiger partial charge in [-0.2, -0.15) is 0 Å². The molecule has 0 aliphatic rings. The first kappa shape index (κ1) is 9.48. The third-order valence-electron chi connectivity index (χ3n) is 0. The molecule has 0 rings (SSSR count). The zero-order valence-corrected chi connectivity index (χ0v) is 7.08. The largest absolute Gasteiger partial charge is 0.116 e. The maximum absolute atomic E-state index is 2.23. The Morgan fingerprint density at radius 2 is 1.00 bits per heavy atom. The summed E-state index contributed by atoms with van der Waals surface area (Å²) in [6, 6.07) is 0. The van der Waals surface area contributed by atoms with Crippen LogP contribution in [-0.2, 0) is 0 Å². The minimum absolute atomic E-state index is 0. The van der Waals surface area contributed by atoms with Gasteiger partial charge in [0.1, 0.15) is 0 Å². The van der Waals surface area contributed by atoms with Gasteiger partial charge in [0.25, 0.3) is 0 Å². The summed E-state index contributed by atoms with van der Waals surface area (Å²) in [4.78, 5) is 0. The molecule has 0 aromatic rings. The highest BCUT2D eigenvalue weighted by Crippen LogP contribution is 2.14. The summed E-state index contributed by atoms with van der Waals surface area (Å²) in [7, 11) is 0.380. The fourth-order valence-corrected chi connectivity index (χ4v) is 0. The molecule has 34 valence electrons. The van der Waals surface area contributed by atoms with Crippen molar-refractivity contribution in [3.05, 3.63) is 0 Å². The predicted octanol–water partition coefficient (Wildman–Crippen LogP) is 1.98. The Morgan fingerprint density at radius 1 is 1.00 bits per heavy atom. The van der Waals surface area contributed by atoms with Crippen molar-refractivity contribution < 1.29 is 0 Å². The molecule has 0 amide bonds. The van der Waals surface area contributed by atoms with E-state index in [2.05, 4.69) is 20.0 Å². The second-order valence-corrected chi connectivity index (χ2v) is 4.02. The molecule has 0 saturated carbocycles. The molecule has 0 spiro atoms. The Bertz CT molecular complexity index is 11.6. The van der Waals surface area contributed by atoms with E-state index >= 15 is 0 Å². The van der Waals surface area contributed by atoms with Crippen LogP contribution >= 0.6 is 31.9 Å². The molecule has 0 N–H and O–H groups in total. The highest BCUT2D eigenvalue weighted by molar-refractivity contribution is 14.0. The zero-order valence-electron chi connectivity index (χ0n) is 3.86. The Kier molecular flexibility index (Phi) is 9.78. The normalized spacial score (nSPS) is 7.20. The number of halogens is 1. The van der Waals surface area contributed by atoms with Crippen molar-refractivity contribution in [3.8, 4) is 0 Å². The van der Waals surface area contributed by atoms with Gasteiger partial charge in [0.15, 0.2) is 0 Å². The van der Waals surface area contributed by atoms with Crippen molar-refractivity contribution in [3.63, 3.8) is 0 Å². The van der Waals surface area contributed by atoms with E-state index in [0.717, 1.165) is 0 Å². The van der Waals surface area contributed by atoms with E-state index in [9.17, 15) is 0 Å². The van der Waals surface area contributed by atoms with Gasteiger partial charge in [-0.15, -0.1) is 31.9 Å². The Balaban J connectivity index is 0. The van der Waals surface area contributed by atoms with Crippen LogP contribution in [0.5, 0.6) is 0 Å². The van der Waals surface area contributed by atoms with E-state index in [4.69, 9.17) is 0 Å². The first-order valence-corrected chi connectivity index (χ1v) is 4.02. The van der Waals surface area contributed by atoms with Crippen molar-refractivity contribution in [2.24, 2.45) is 0 Å². The molecule has 0 aliphatic heterocycles. The van der Waals surface area contributed by atoms with Crippen LogP contribution in [0.4, 0.5) is 0 Å². The van der Waals surface area contributed by atoms with Crippen molar-refractivity contribution in [1.82, 2.24) is 0 Å². The molecule has 0 nitrogen and oxygen atoms in total. The monoisotopic (exact) mass is 204 g/mol. The Hall–Kier alpha value is 1.16. The van der Waals surface area contributed by atoms with Crippen molar-refractivity contribution >= 4 is 31.9 Å². The van der Waals surface area contributed by atoms with Gasteiger partial charge in [-0.1, -0.05) is 0 Å². The number of hydrogen-bond acceptors (Lipinski definition) is 0. The summed E-state index contributed by atoms with van der Waals surface area (Å²) in [6.07, 6.45) is 0. The second kappa shape index (κ2) is 5.16. The molecule has 0 radical (unpaired) electrons. The molecular formula is C3H10IP. The van der Waals surface area contributed by atoms with Crippen molar-refractivity contribution in [2.45, 2.75) is 0 Å². The van der Waals surface area contributed by atoms with Crippen LogP contribution in [0.3, 0.4) is 0 Å². The van der Waals surface area contributed by atoms with E-state index in [1.54, 1.807) is 0 Å². The molecule has 5 heavy (non-hydrogen) atoms. The second-order valence-electron chi connectivity index (χ2n) is 1.34. The highest BCUT2D eigenvalue weighted by Gasteiger charge is 1.65. The van der Waals surface area contributed by atoms with Crippen molar-refractivity contribution in [2.75, 3.05) is 20.0 Å². The van der Waals surface area contributed by atoms with Crippen LogP contribution in [0.15, 0.2) is 0 Å². The lowest BCUT2D eigenvalue weighted by Gasteiger charge is -1.81. The third-order valence-corrected chi connectivity index (χ3v) is 0. The maximum Gasteiger partial charge on any atom is -0.0449 e. The zero-order chi connectivity index (χ0) is 3.58. The van der Waals surface area contributed by atoms with Gasteiger partial charge in [-0.05, 0) is 20.0 Å². The lowest BCUT2D eigenvalue weighted by atomic mass is 11.9. The molecule has 0 fully saturated rings. The number of rotatable bonds is 0. The molecule has 0 saturated heterocycles. The molecule has 0 heterocycles. The van der Waals surface area contributed by atoms with Gasteiger partial charge in [0.05, 0.1) is 0 Å². The average molecular weight is 204 g/mol. The molecule has 0 unspecified atom stereocenters. The predicted molar refractivity (Wildman–Crippen MR) is 40.1 cm³/mol. The van der Waals surface area contributed by atoms with Gasteiger partial charge >= 0.3 is 0 Å². The summed E-state index contributed by atoms with van der Waals surface area (Å²) in [6.45, 7) is 6.69. The lowest BCUT2D eigenvalue weighted by Crippen LogP contribution is -1.48. The minimum atomic E-state index is 0. The van der Waals surface area contributed by atoms with Crippen LogP contribution in [0.2, 0.25) is 0 Å². The molecule has 0 aromatic heterocycles. The Labute approximate surface area is 52.1 Å². The standard InChI is InChI=1S/C3H9P.HI/c1-4(2)3;/h1-3H3;1H. The molecule has 0 aromatic carbocycles. The number of hydrogen-bond donors (Lipinski definition) is 0. The first-order valence-electron chi connectivity index (χ1n) is 1.34. The molecule has 2 heteroatoms. The fourth-order valence-electron chi connectivity index (χ4n) is 0. The molecular weight excluding hydrogens is 194 g/mol. The van der Waals surface area contributed by atoms with Gasteiger partial charge in [-0.25, -0.2) is 0 Å². The van der Waals surface area contributed by atoms with Crippen LogP contribution in [0, 0.1) is 0 Å². The molecule has 0 aliphatic carbocycles. The quantitative estimate of drug-likeness (QED) is 0.418. The van der Waals surface area contributed by atoms with E-state index in [1.165, 1.54) is 0 Å². The summed E-state index contributed by atoms with van der Waals surface area (Å²) in [5.74, 6) is 0. The van der Waals surface area contributed by atoms with E-state index in [0.29, 0.717) is 7.92 Å². The molecule has 0 atom stereocenters. The summed E-state index contributed by atoms with van der Waals surface area (Å²) >= 11 is 0. The minimum Gasteiger partial charge on any atom is -0.116 e. The highest BCUT2D eigenvalue weighted by atomic mass is 127. The van der Waals surface area contributed by atoms with Crippen LogP contribution in [-0.4, -0.2) is 20.0 Å². The van der Waals surface area contributed by atoms with Crippen molar-refractivity contribution in [1.29, 1.82) is 0 Å². The summed E-state index contributed by atoms with van der Waals surface area (Å²) in [5.41, 5.74) is 0.